The molecular formula is C13H15BrFNO2. The molecule has 1 heterocycles. The van der Waals surface area contributed by atoms with E-state index in [0.29, 0.717) is 24.1 Å². The molecule has 98 valence electrons. The third-order valence-electron chi connectivity index (χ3n) is 2.90. The second-order valence-electron chi connectivity index (χ2n) is 4.94. The Morgan fingerprint density at radius 3 is 2.78 bits per heavy atom. The van der Waals surface area contributed by atoms with Gasteiger partial charge in [-0.1, -0.05) is 6.07 Å². The topological polar surface area (TPSA) is 29.5 Å². The normalized spacial score (nSPS) is 18.2. The summed E-state index contributed by atoms with van der Waals surface area (Å²) >= 11 is 3.13. The molecule has 0 bridgehead atoms. The highest BCUT2D eigenvalue weighted by atomic mass is 79.9. The molecule has 18 heavy (non-hydrogen) atoms. The van der Waals surface area contributed by atoms with Gasteiger partial charge in [-0.25, -0.2) is 4.39 Å². The zero-order valence-electron chi connectivity index (χ0n) is 10.4. The van der Waals surface area contributed by atoms with Crippen LogP contribution in [0, 0.1) is 5.82 Å². The van der Waals surface area contributed by atoms with E-state index in [1.54, 1.807) is 6.07 Å². The van der Waals surface area contributed by atoms with Crippen LogP contribution < -0.4 is 0 Å². The van der Waals surface area contributed by atoms with Crippen molar-refractivity contribution in [2.45, 2.75) is 26.0 Å². The molecular weight excluding hydrogens is 301 g/mol. The van der Waals surface area contributed by atoms with Crippen LogP contribution in [0.4, 0.5) is 4.39 Å². The van der Waals surface area contributed by atoms with Gasteiger partial charge in [0, 0.05) is 26.6 Å². The van der Waals surface area contributed by atoms with E-state index in [9.17, 15) is 9.18 Å². The molecule has 0 atom stereocenters. The van der Waals surface area contributed by atoms with E-state index in [1.165, 1.54) is 13.0 Å². The number of hydrogen-bond donors (Lipinski definition) is 0. The van der Waals surface area contributed by atoms with Gasteiger partial charge in [-0.05, 0) is 40.5 Å². The Labute approximate surface area is 114 Å². The molecule has 5 heteroatoms. The number of nitrogens with zero attached hydrogens (tertiary/aromatic N) is 1. The van der Waals surface area contributed by atoms with Crippen LogP contribution in [0.3, 0.4) is 0 Å². The van der Waals surface area contributed by atoms with Crippen molar-refractivity contribution in [2.75, 3.05) is 13.1 Å². The van der Waals surface area contributed by atoms with Gasteiger partial charge in [0.25, 0.3) is 0 Å². The van der Waals surface area contributed by atoms with Crippen molar-refractivity contribution in [3.63, 3.8) is 0 Å². The van der Waals surface area contributed by atoms with E-state index in [1.807, 2.05) is 13.0 Å². The fraction of sp³-hybridized carbons (Fsp3) is 0.462. The van der Waals surface area contributed by atoms with Crippen LogP contribution >= 0.6 is 15.9 Å². The quantitative estimate of drug-likeness (QED) is 0.803. The van der Waals surface area contributed by atoms with Gasteiger partial charge in [-0.2, -0.15) is 0 Å². The molecule has 1 saturated heterocycles. The number of halogens is 2. The van der Waals surface area contributed by atoms with Crippen molar-refractivity contribution < 1.29 is 13.9 Å². The molecule has 1 aromatic carbocycles. The van der Waals surface area contributed by atoms with E-state index < -0.39 is 0 Å². The van der Waals surface area contributed by atoms with Crippen LogP contribution in [0.25, 0.3) is 0 Å². The van der Waals surface area contributed by atoms with Gasteiger partial charge < -0.3 is 4.74 Å². The lowest BCUT2D eigenvalue weighted by atomic mass is 9.95. The van der Waals surface area contributed by atoms with E-state index in [2.05, 4.69) is 20.8 Å². The summed E-state index contributed by atoms with van der Waals surface area (Å²) in [4.78, 5) is 13.0. The Kier molecular flexibility index (Phi) is 3.73. The van der Waals surface area contributed by atoms with Crippen LogP contribution in [0.5, 0.6) is 0 Å². The van der Waals surface area contributed by atoms with Crippen molar-refractivity contribution in [1.82, 2.24) is 4.90 Å². The molecule has 2 rings (SSSR count). The molecule has 3 nitrogen and oxygen atoms in total. The highest BCUT2D eigenvalue weighted by Gasteiger charge is 2.41. The predicted octanol–water partition coefficient (Wildman–Crippen LogP) is 2.73. The number of rotatable bonds is 3. The molecule has 0 aromatic heterocycles. The summed E-state index contributed by atoms with van der Waals surface area (Å²) in [6, 6.07) is 5.11. The fourth-order valence-corrected chi connectivity index (χ4v) is 2.57. The van der Waals surface area contributed by atoms with Gasteiger partial charge in [0.05, 0.1) is 4.47 Å². The van der Waals surface area contributed by atoms with E-state index >= 15 is 0 Å². The van der Waals surface area contributed by atoms with E-state index in [-0.39, 0.29) is 17.4 Å². The lowest BCUT2D eigenvalue weighted by Gasteiger charge is -2.46. The summed E-state index contributed by atoms with van der Waals surface area (Å²) in [6.45, 7) is 5.36. The zero-order valence-corrected chi connectivity index (χ0v) is 12.0. The number of carbonyl (C=O) groups is 1. The van der Waals surface area contributed by atoms with Gasteiger partial charge >= 0.3 is 5.97 Å². The van der Waals surface area contributed by atoms with Crippen LogP contribution in [-0.2, 0) is 16.1 Å². The Balaban J connectivity index is 1.90. The summed E-state index contributed by atoms with van der Waals surface area (Å²) in [7, 11) is 0. The number of ether oxygens (including phenoxy) is 1. The van der Waals surface area contributed by atoms with Crippen LogP contribution in [0.1, 0.15) is 19.4 Å². The average Bonchev–Trinajstić information content (AvgIpc) is 2.20. The average molecular weight is 316 g/mol. The molecule has 0 radical (unpaired) electrons. The van der Waals surface area contributed by atoms with E-state index in [0.717, 1.165) is 5.56 Å². The first-order valence-corrected chi connectivity index (χ1v) is 6.53. The molecule has 0 amide bonds. The summed E-state index contributed by atoms with van der Waals surface area (Å²) in [5, 5.41) is 0. The fourth-order valence-electron chi connectivity index (χ4n) is 2.32. The Morgan fingerprint density at radius 2 is 2.22 bits per heavy atom. The SMILES string of the molecule is CC(=O)OC1(C)CN(Cc2ccc(Br)c(F)c2)C1. The lowest BCUT2D eigenvalue weighted by Crippen LogP contribution is -2.61. The van der Waals surface area contributed by atoms with E-state index in [4.69, 9.17) is 4.74 Å². The van der Waals surface area contributed by atoms with Gasteiger partial charge in [-0.15, -0.1) is 0 Å². The monoisotopic (exact) mass is 315 g/mol. The minimum Gasteiger partial charge on any atom is -0.457 e. The summed E-state index contributed by atoms with van der Waals surface area (Å²) in [6.07, 6.45) is 0. The summed E-state index contributed by atoms with van der Waals surface area (Å²) in [5.41, 5.74) is 0.528. The maximum absolute atomic E-state index is 13.3. The van der Waals surface area contributed by atoms with Crippen molar-refractivity contribution in [2.24, 2.45) is 0 Å². The van der Waals surface area contributed by atoms with Gasteiger partial charge in [0.1, 0.15) is 11.4 Å². The zero-order chi connectivity index (χ0) is 13.3. The number of hydrogen-bond acceptors (Lipinski definition) is 3. The molecule has 0 saturated carbocycles. The second-order valence-corrected chi connectivity index (χ2v) is 5.79. The third kappa shape index (κ3) is 3.09. The van der Waals surface area contributed by atoms with Gasteiger partial charge in [-0.3, -0.25) is 9.69 Å². The van der Waals surface area contributed by atoms with Crippen LogP contribution in [0.15, 0.2) is 22.7 Å². The number of esters is 1. The molecule has 0 spiro atoms. The predicted molar refractivity (Wildman–Crippen MR) is 69.5 cm³/mol. The molecule has 1 aliphatic heterocycles. The Hall–Kier alpha value is -0.940. The molecule has 1 aliphatic rings. The van der Waals surface area contributed by atoms with Crippen molar-refractivity contribution in [1.29, 1.82) is 0 Å². The Morgan fingerprint density at radius 1 is 1.56 bits per heavy atom. The number of carbonyl (C=O) groups excluding carboxylic acids is 1. The smallest absolute Gasteiger partial charge is 0.303 e. The number of benzene rings is 1. The molecule has 1 fully saturated rings. The maximum atomic E-state index is 13.3. The minimum atomic E-state index is -0.389. The van der Waals surface area contributed by atoms with Crippen molar-refractivity contribution in [3.05, 3.63) is 34.1 Å². The Bertz CT molecular complexity index is 472. The molecule has 0 unspecified atom stereocenters. The van der Waals surface area contributed by atoms with Gasteiger partial charge in [0.2, 0.25) is 0 Å². The minimum absolute atomic E-state index is 0.254. The van der Waals surface area contributed by atoms with Crippen molar-refractivity contribution in [3.8, 4) is 0 Å². The van der Waals surface area contributed by atoms with Crippen molar-refractivity contribution >= 4 is 21.9 Å². The second kappa shape index (κ2) is 4.97. The summed E-state index contributed by atoms with van der Waals surface area (Å²) < 4.78 is 19.0. The standard InChI is InChI=1S/C13H15BrFNO2/c1-9(17)18-13(2)7-16(8-13)6-10-3-4-11(14)12(15)5-10/h3-5H,6-8H2,1-2H3. The highest BCUT2D eigenvalue weighted by molar-refractivity contribution is 9.10. The number of likely N-dealkylation sites (tertiary alicyclic amines) is 1. The van der Waals surface area contributed by atoms with Gasteiger partial charge in [0.15, 0.2) is 0 Å². The highest BCUT2D eigenvalue weighted by Crippen LogP contribution is 2.27. The molecule has 1 aromatic rings. The largest absolute Gasteiger partial charge is 0.457 e. The lowest BCUT2D eigenvalue weighted by molar-refractivity contribution is -0.174. The molecule has 0 N–H and O–H groups in total. The first-order valence-electron chi connectivity index (χ1n) is 5.74. The first kappa shape index (κ1) is 13.5. The summed E-state index contributed by atoms with van der Waals surface area (Å²) in [5.74, 6) is -0.511. The first-order chi connectivity index (χ1) is 8.38. The maximum Gasteiger partial charge on any atom is 0.303 e. The molecule has 0 aliphatic carbocycles. The van der Waals surface area contributed by atoms with Crippen LogP contribution in [0.2, 0.25) is 0 Å². The third-order valence-corrected chi connectivity index (χ3v) is 3.54. The van der Waals surface area contributed by atoms with Crippen LogP contribution in [-0.4, -0.2) is 29.6 Å².